The van der Waals surface area contributed by atoms with Gasteiger partial charge in [0.25, 0.3) is 0 Å². The van der Waals surface area contributed by atoms with Crippen LogP contribution in [0.1, 0.15) is 32.4 Å². The SMILES string of the molecule is CCCNCc1cc(S(=O)(=O)N2CCSC(CC)C2)c[nH]1. The Morgan fingerprint density at radius 1 is 1.48 bits per heavy atom. The molecule has 7 heteroatoms. The van der Waals surface area contributed by atoms with Crippen LogP contribution < -0.4 is 5.32 Å². The van der Waals surface area contributed by atoms with Gasteiger partial charge in [-0.25, -0.2) is 8.42 Å². The molecule has 1 aromatic heterocycles. The Labute approximate surface area is 131 Å². The Kier molecular flexibility index (Phi) is 6.16. The van der Waals surface area contributed by atoms with Gasteiger partial charge in [-0.15, -0.1) is 0 Å². The molecule has 1 atom stereocenters. The summed E-state index contributed by atoms with van der Waals surface area (Å²) >= 11 is 1.87. The fourth-order valence-corrected chi connectivity index (χ4v) is 5.27. The van der Waals surface area contributed by atoms with E-state index >= 15 is 0 Å². The minimum absolute atomic E-state index is 0.387. The quantitative estimate of drug-likeness (QED) is 0.750. The number of hydrogen-bond donors (Lipinski definition) is 2. The van der Waals surface area contributed by atoms with E-state index in [1.165, 1.54) is 0 Å². The van der Waals surface area contributed by atoms with Crippen molar-refractivity contribution in [1.82, 2.24) is 14.6 Å². The number of aromatic nitrogens is 1. The fourth-order valence-electron chi connectivity index (χ4n) is 2.38. The third-order valence-corrected chi connectivity index (χ3v) is 6.87. The van der Waals surface area contributed by atoms with Crippen molar-refractivity contribution in [3.05, 3.63) is 18.0 Å². The highest BCUT2D eigenvalue weighted by Crippen LogP contribution is 2.26. The van der Waals surface area contributed by atoms with Gasteiger partial charge in [-0.05, 0) is 25.5 Å². The monoisotopic (exact) mass is 331 g/mol. The molecular formula is C14H25N3O2S2. The molecule has 2 rings (SSSR count). The maximum absolute atomic E-state index is 12.7. The molecule has 0 saturated carbocycles. The topological polar surface area (TPSA) is 65.2 Å². The second-order valence-electron chi connectivity index (χ2n) is 5.30. The average Bonchev–Trinajstić information content (AvgIpc) is 2.97. The molecule has 0 radical (unpaired) electrons. The van der Waals surface area contributed by atoms with Crippen LogP contribution in [0.3, 0.4) is 0 Å². The second-order valence-corrected chi connectivity index (χ2v) is 8.65. The summed E-state index contributed by atoms with van der Waals surface area (Å²) in [6, 6.07) is 1.75. The summed E-state index contributed by atoms with van der Waals surface area (Å²) in [6.45, 7) is 7.06. The summed E-state index contributed by atoms with van der Waals surface area (Å²) in [5, 5.41) is 3.68. The normalized spacial score (nSPS) is 20.8. The molecule has 120 valence electrons. The van der Waals surface area contributed by atoms with E-state index < -0.39 is 10.0 Å². The van der Waals surface area contributed by atoms with Gasteiger partial charge in [0.2, 0.25) is 10.0 Å². The van der Waals surface area contributed by atoms with E-state index in [0.717, 1.165) is 30.8 Å². The smallest absolute Gasteiger partial charge is 0.244 e. The van der Waals surface area contributed by atoms with E-state index in [0.29, 0.717) is 29.8 Å². The second kappa shape index (κ2) is 7.67. The summed E-state index contributed by atoms with van der Waals surface area (Å²) in [7, 11) is -3.35. The number of thioether (sulfide) groups is 1. The van der Waals surface area contributed by atoms with Gasteiger partial charge in [-0.3, -0.25) is 0 Å². The van der Waals surface area contributed by atoms with E-state index in [1.807, 2.05) is 11.8 Å². The van der Waals surface area contributed by atoms with Crippen LogP contribution in [0.2, 0.25) is 0 Å². The molecule has 2 heterocycles. The summed E-state index contributed by atoms with van der Waals surface area (Å²) in [5.74, 6) is 0.882. The molecule has 1 saturated heterocycles. The van der Waals surface area contributed by atoms with Crippen LogP contribution in [0, 0.1) is 0 Å². The molecular weight excluding hydrogens is 306 g/mol. The van der Waals surface area contributed by atoms with Crippen LogP contribution in [0.4, 0.5) is 0 Å². The minimum atomic E-state index is -3.35. The molecule has 0 aliphatic carbocycles. The predicted molar refractivity (Wildman–Crippen MR) is 88.1 cm³/mol. The summed E-state index contributed by atoms with van der Waals surface area (Å²) in [5.41, 5.74) is 0.917. The first-order chi connectivity index (χ1) is 10.1. The van der Waals surface area contributed by atoms with Crippen LogP contribution in [0.25, 0.3) is 0 Å². The van der Waals surface area contributed by atoms with Gasteiger partial charge < -0.3 is 10.3 Å². The molecule has 2 N–H and O–H groups in total. The van der Waals surface area contributed by atoms with Crippen LogP contribution in [0.15, 0.2) is 17.2 Å². The zero-order valence-corrected chi connectivity index (χ0v) is 14.4. The molecule has 0 bridgehead atoms. The van der Waals surface area contributed by atoms with E-state index in [1.54, 1.807) is 16.6 Å². The van der Waals surface area contributed by atoms with Crippen LogP contribution in [0.5, 0.6) is 0 Å². The number of hydrogen-bond acceptors (Lipinski definition) is 4. The highest BCUT2D eigenvalue weighted by atomic mass is 32.2. The Hall–Kier alpha value is -0.500. The number of nitrogens with zero attached hydrogens (tertiary/aromatic N) is 1. The molecule has 0 amide bonds. The summed E-state index contributed by atoms with van der Waals surface area (Å²) in [4.78, 5) is 3.45. The lowest BCUT2D eigenvalue weighted by Crippen LogP contribution is -2.41. The lowest BCUT2D eigenvalue weighted by Gasteiger charge is -2.30. The average molecular weight is 332 g/mol. The van der Waals surface area contributed by atoms with E-state index in [4.69, 9.17) is 0 Å². The Balaban J connectivity index is 2.05. The number of rotatable bonds is 7. The van der Waals surface area contributed by atoms with Crippen molar-refractivity contribution in [2.24, 2.45) is 0 Å². The van der Waals surface area contributed by atoms with Crippen molar-refractivity contribution < 1.29 is 8.42 Å². The van der Waals surface area contributed by atoms with Gasteiger partial charge in [-0.2, -0.15) is 16.1 Å². The minimum Gasteiger partial charge on any atom is -0.363 e. The van der Waals surface area contributed by atoms with Crippen LogP contribution in [-0.2, 0) is 16.6 Å². The zero-order valence-electron chi connectivity index (χ0n) is 12.8. The molecule has 1 aliphatic heterocycles. The predicted octanol–water partition coefficient (Wildman–Crippen LogP) is 2.03. The van der Waals surface area contributed by atoms with E-state index in [2.05, 4.69) is 24.1 Å². The lowest BCUT2D eigenvalue weighted by atomic mass is 10.3. The van der Waals surface area contributed by atoms with Gasteiger partial charge in [0, 0.05) is 42.5 Å². The molecule has 1 fully saturated rings. The van der Waals surface area contributed by atoms with Gasteiger partial charge in [-0.1, -0.05) is 13.8 Å². The maximum atomic E-state index is 12.7. The third kappa shape index (κ3) is 4.25. The standard InChI is InChI=1S/C14H25N3O2S2/c1-3-5-15-9-12-8-14(10-16-12)21(18,19)17-6-7-20-13(4-2)11-17/h8,10,13,15-16H,3-7,9,11H2,1-2H3. The number of nitrogens with one attached hydrogen (secondary N) is 2. The van der Waals surface area contributed by atoms with Crippen molar-refractivity contribution in [2.45, 2.75) is 43.4 Å². The Morgan fingerprint density at radius 3 is 3.00 bits per heavy atom. The number of aromatic amines is 1. The molecule has 0 spiro atoms. The van der Waals surface area contributed by atoms with Crippen LogP contribution in [-0.4, -0.2) is 48.3 Å². The summed E-state index contributed by atoms with van der Waals surface area (Å²) in [6.07, 6.45) is 3.69. The highest BCUT2D eigenvalue weighted by Gasteiger charge is 2.30. The van der Waals surface area contributed by atoms with Gasteiger partial charge in [0.1, 0.15) is 0 Å². The first-order valence-corrected chi connectivity index (χ1v) is 10.1. The molecule has 0 aromatic carbocycles. The van der Waals surface area contributed by atoms with E-state index in [9.17, 15) is 8.42 Å². The molecule has 1 aliphatic rings. The highest BCUT2D eigenvalue weighted by molar-refractivity contribution is 8.00. The molecule has 21 heavy (non-hydrogen) atoms. The van der Waals surface area contributed by atoms with E-state index in [-0.39, 0.29) is 0 Å². The van der Waals surface area contributed by atoms with Crippen molar-refractivity contribution in [3.8, 4) is 0 Å². The third-order valence-electron chi connectivity index (χ3n) is 3.65. The van der Waals surface area contributed by atoms with Gasteiger partial charge >= 0.3 is 0 Å². The molecule has 1 aromatic rings. The van der Waals surface area contributed by atoms with Crippen LogP contribution >= 0.6 is 11.8 Å². The van der Waals surface area contributed by atoms with Gasteiger partial charge in [0.15, 0.2) is 0 Å². The maximum Gasteiger partial charge on any atom is 0.244 e. The Bertz CT molecular complexity index is 542. The first-order valence-electron chi connectivity index (χ1n) is 7.57. The largest absolute Gasteiger partial charge is 0.363 e. The first kappa shape index (κ1) is 16.9. The Morgan fingerprint density at radius 2 is 2.29 bits per heavy atom. The molecule has 5 nitrogen and oxygen atoms in total. The lowest BCUT2D eigenvalue weighted by molar-refractivity contribution is 0.416. The summed E-state index contributed by atoms with van der Waals surface area (Å²) < 4.78 is 27.0. The van der Waals surface area contributed by atoms with Gasteiger partial charge in [0.05, 0.1) is 4.90 Å². The number of H-pyrrole nitrogens is 1. The van der Waals surface area contributed by atoms with Crippen molar-refractivity contribution in [1.29, 1.82) is 0 Å². The molecule has 1 unspecified atom stereocenters. The van der Waals surface area contributed by atoms with Crippen molar-refractivity contribution in [3.63, 3.8) is 0 Å². The number of sulfonamides is 1. The van der Waals surface area contributed by atoms with Crippen molar-refractivity contribution in [2.75, 3.05) is 25.4 Å². The fraction of sp³-hybridized carbons (Fsp3) is 0.714. The zero-order chi connectivity index (χ0) is 15.3. The van der Waals surface area contributed by atoms with Crippen molar-refractivity contribution >= 4 is 21.8 Å².